The zero-order chi connectivity index (χ0) is 18.6. The number of rotatable bonds is 3. The molecule has 3 fully saturated rings. The molecule has 0 radical (unpaired) electrons. The number of halogens is 1. The average Bonchev–Trinajstić information content (AvgIpc) is 3.17. The number of guanidine groups is 1. The maximum atomic E-state index is 10.1. The molecule has 2 N–H and O–H groups in total. The molecular formula is C20H32IN5O2. The molecule has 0 saturated carbocycles. The van der Waals surface area contributed by atoms with Crippen LogP contribution in [0.3, 0.4) is 0 Å². The molecule has 2 atom stereocenters. The topological polar surface area (TPSA) is 63.6 Å². The Hall–Kier alpha value is -1.26. The van der Waals surface area contributed by atoms with E-state index in [4.69, 9.17) is 4.74 Å². The highest BCUT2D eigenvalue weighted by Crippen LogP contribution is 2.27. The number of aliphatic imine (C=N–C) groups is 1. The molecule has 0 bridgehead atoms. The summed E-state index contributed by atoms with van der Waals surface area (Å²) >= 11 is 0. The van der Waals surface area contributed by atoms with Crippen LogP contribution < -0.4 is 10.2 Å². The summed E-state index contributed by atoms with van der Waals surface area (Å²) in [5, 5.41) is 13.6. The van der Waals surface area contributed by atoms with Crippen LogP contribution in [0.5, 0.6) is 5.75 Å². The summed E-state index contributed by atoms with van der Waals surface area (Å²) in [6.07, 6.45) is 2.82. The van der Waals surface area contributed by atoms with Crippen LogP contribution in [0, 0.1) is 0 Å². The molecule has 156 valence electrons. The van der Waals surface area contributed by atoms with E-state index in [-0.39, 0.29) is 30.1 Å². The molecule has 7 nitrogen and oxygen atoms in total. The zero-order valence-electron chi connectivity index (χ0n) is 16.6. The van der Waals surface area contributed by atoms with Gasteiger partial charge in [-0.2, -0.15) is 0 Å². The van der Waals surface area contributed by atoms with Crippen LogP contribution in [0.2, 0.25) is 0 Å². The van der Waals surface area contributed by atoms with Gasteiger partial charge in [-0.25, -0.2) is 0 Å². The van der Waals surface area contributed by atoms with Crippen LogP contribution in [0.25, 0.3) is 0 Å². The minimum Gasteiger partial charge on any atom is -0.506 e. The molecule has 4 rings (SSSR count). The third kappa shape index (κ3) is 4.83. The Labute approximate surface area is 184 Å². The van der Waals surface area contributed by atoms with Crippen LogP contribution in [0.1, 0.15) is 12.8 Å². The zero-order valence-corrected chi connectivity index (χ0v) is 18.9. The number of hydrogen-bond acceptors (Lipinski definition) is 5. The Balaban J connectivity index is 0.00000225. The number of piperazine rings is 1. The van der Waals surface area contributed by atoms with Gasteiger partial charge in [0.2, 0.25) is 0 Å². The number of ether oxygens (including phenoxy) is 1. The SMILES string of the molecule is CN=C(NCC1CN2CCCC2CO1)N1CCN(c2ccccc2O)CC1.I. The van der Waals surface area contributed by atoms with Gasteiger partial charge in [0.15, 0.2) is 5.96 Å². The van der Waals surface area contributed by atoms with Gasteiger partial charge in [-0.1, -0.05) is 12.1 Å². The summed E-state index contributed by atoms with van der Waals surface area (Å²) in [5.74, 6) is 1.29. The lowest BCUT2D eigenvalue weighted by Gasteiger charge is -2.39. The highest BCUT2D eigenvalue weighted by Gasteiger charge is 2.32. The van der Waals surface area contributed by atoms with E-state index in [1.165, 1.54) is 19.4 Å². The highest BCUT2D eigenvalue weighted by atomic mass is 127. The van der Waals surface area contributed by atoms with Gasteiger partial charge in [0, 0.05) is 52.4 Å². The van der Waals surface area contributed by atoms with E-state index in [1.807, 2.05) is 25.2 Å². The lowest BCUT2D eigenvalue weighted by molar-refractivity contribution is -0.0454. The van der Waals surface area contributed by atoms with Gasteiger partial charge in [0.1, 0.15) is 5.75 Å². The molecule has 0 spiro atoms. The van der Waals surface area contributed by atoms with E-state index in [0.29, 0.717) is 11.8 Å². The van der Waals surface area contributed by atoms with Crippen LogP contribution in [-0.4, -0.2) is 92.5 Å². The summed E-state index contributed by atoms with van der Waals surface area (Å²) in [6, 6.07) is 8.19. The van der Waals surface area contributed by atoms with Gasteiger partial charge in [-0.3, -0.25) is 9.89 Å². The number of para-hydroxylation sites is 2. The van der Waals surface area contributed by atoms with E-state index in [9.17, 15) is 5.11 Å². The number of nitrogens with zero attached hydrogens (tertiary/aromatic N) is 4. The van der Waals surface area contributed by atoms with Gasteiger partial charge in [0.05, 0.1) is 18.4 Å². The van der Waals surface area contributed by atoms with E-state index >= 15 is 0 Å². The lowest BCUT2D eigenvalue weighted by Crippen LogP contribution is -2.55. The Bertz CT molecular complexity index is 666. The predicted octanol–water partition coefficient (Wildman–Crippen LogP) is 1.57. The van der Waals surface area contributed by atoms with Gasteiger partial charge in [-0.15, -0.1) is 24.0 Å². The first-order valence-electron chi connectivity index (χ1n) is 10.1. The smallest absolute Gasteiger partial charge is 0.193 e. The predicted molar refractivity (Wildman–Crippen MR) is 123 cm³/mol. The maximum absolute atomic E-state index is 10.1. The van der Waals surface area contributed by atoms with Gasteiger partial charge in [0.25, 0.3) is 0 Å². The minimum absolute atomic E-state index is 0. The summed E-state index contributed by atoms with van der Waals surface area (Å²) in [6.45, 7) is 7.41. The fraction of sp³-hybridized carbons (Fsp3) is 0.650. The number of phenolic OH excluding ortho intramolecular Hbond substituents is 1. The van der Waals surface area contributed by atoms with Gasteiger partial charge >= 0.3 is 0 Å². The molecule has 2 unspecified atom stereocenters. The van der Waals surface area contributed by atoms with E-state index < -0.39 is 0 Å². The number of anilines is 1. The quantitative estimate of drug-likeness (QED) is 0.373. The van der Waals surface area contributed by atoms with Crippen molar-refractivity contribution in [1.82, 2.24) is 15.1 Å². The summed E-state index contributed by atoms with van der Waals surface area (Å²) < 4.78 is 6.05. The van der Waals surface area contributed by atoms with E-state index in [0.717, 1.165) is 57.5 Å². The number of morpholine rings is 1. The summed E-state index contributed by atoms with van der Waals surface area (Å²) in [5.41, 5.74) is 0.913. The molecule has 28 heavy (non-hydrogen) atoms. The second kappa shape index (κ2) is 9.98. The largest absolute Gasteiger partial charge is 0.506 e. The number of phenols is 1. The van der Waals surface area contributed by atoms with Crippen molar-refractivity contribution < 1.29 is 9.84 Å². The number of fused-ring (bicyclic) bond motifs is 1. The minimum atomic E-state index is 0. The maximum Gasteiger partial charge on any atom is 0.193 e. The van der Waals surface area contributed by atoms with E-state index in [1.54, 1.807) is 6.07 Å². The molecule has 0 aliphatic carbocycles. The van der Waals surface area contributed by atoms with Crippen molar-refractivity contribution in [3.05, 3.63) is 24.3 Å². The second-order valence-electron chi connectivity index (χ2n) is 7.64. The van der Waals surface area contributed by atoms with Crippen molar-refractivity contribution in [2.75, 3.05) is 64.4 Å². The molecule has 1 aromatic carbocycles. The van der Waals surface area contributed by atoms with Gasteiger partial charge < -0.3 is 25.0 Å². The number of nitrogens with one attached hydrogen (secondary N) is 1. The van der Waals surface area contributed by atoms with Crippen molar-refractivity contribution >= 4 is 35.6 Å². The number of benzene rings is 1. The molecule has 1 aromatic rings. The Morgan fingerprint density at radius 3 is 2.75 bits per heavy atom. The van der Waals surface area contributed by atoms with Crippen molar-refractivity contribution in [2.24, 2.45) is 4.99 Å². The molecule has 0 amide bonds. The summed E-state index contributed by atoms with van der Waals surface area (Å²) in [4.78, 5) is 11.6. The van der Waals surface area contributed by atoms with Crippen LogP contribution in [0.15, 0.2) is 29.3 Å². The molecular weight excluding hydrogens is 469 g/mol. The third-order valence-electron chi connectivity index (χ3n) is 5.96. The third-order valence-corrected chi connectivity index (χ3v) is 5.96. The first-order valence-corrected chi connectivity index (χ1v) is 10.1. The first-order chi connectivity index (χ1) is 13.2. The molecule has 3 heterocycles. The fourth-order valence-corrected chi connectivity index (χ4v) is 4.44. The average molecular weight is 501 g/mol. The molecule has 0 aromatic heterocycles. The van der Waals surface area contributed by atoms with Crippen molar-refractivity contribution in [2.45, 2.75) is 25.0 Å². The highest BCUT2D eigenvalue weighted by molar-refractivity contribution is 14.0. The monoisotopic (exact) mass is 501 g/mol. The van der Waals surface area contributed by atoms with Crippen molar-refractivity contribution in [3.8, 4) is 5.75 Å². The lowest BCUT2D eigenvalue weighted by atomic mass is 10.2. The van der Waals surface area contributed by atoms with Crippen LogP contribution >= 0.6 is 24.0 Å². The first kappa shape index (κ1) is 21.4. The van der Waals surface area contributed by atoms with Crippen molar-refractivity contribution in [1.29, 1.82) is 0 Å². The van der Waals surface area contributed by atoms with Crippen LogP contribution in [-0.2, 0) is 4.74 Å². The molecule has 3 aliphatic heterocycles. The molecule has 8 heteroatoms. The normalized spacial score (nSPS) is 26.0. The second-order valence-corrected chi connectivity index (χ2v) is 7.64. The Morgan fingerprint density at radius 1 is 1.21 bits per heavy atom. The van der Waals surface area contributed by atoms with Crippen molar-refractivity contribution in [3.63, 3.8) is 0 Å². The molecule has 3 aliphatic rings. The molecule has 3 saturated heterocycles. The fourth-order valence-electron chi connectivity index (χ4n) is 4.44. The van der Waals surface area contributed by atoms with Crippen LogP contribution in [0.4, 0.5) is 5.69 Å². The standard InChI is InChI=1S/C20H31N5O2.HI/c1-21-20(22-13-17-14-25-8-4-5-16(25)15-27-17)24-11-9-23(10-12-24)18-6-2-3-7-19(18)26;/h2-3,6-7,16-17,26H,4-5,8-15H2,1H3,(H,21,22);1H. The Kier molecular flexibility index (Phi) is 7.64. The van der Waals surface area contributed by atoms with Gasteiger partial charge in [-0.05, 0) is 31.5 Å². The van der Waals surface area contributed by atoms with E-state index in [2.05, 4.69) is 25.0 Å². The Morgan fingerprint density at radius 2 is 2.00 bits per heavy atom. The summed E-state index contributed by atoms with van der Waals surface area (Å²) in [7, 11) is 1.84. The number of aromatic hydroxyl groups is 1. The number of hydrogen-bond donors (Lipinski definition) is 2.